The third kappa shape index (κ3) is 10.7. The fourth-order valence-corrected chi connectivity index (χ4v) is 8.38. The number of amidine groups is 2. The highest BCUT2D eigenvalue weighted by Gasteiger charge is 2.37. The Kier molecular flexibility index (Phi) is 13.8. The topological polar surface area (TPSA) is 257 Å². The summed E-state index contributed by atoms with van der Waals surface area (Å²) in [6.07, 6.45) is 2.95. The molecule has 4 aromatic carbocycles. The van der Waals surface area contributed by atoms with Crippen LogP contribution in [0.2, 0.25) is 0 Å². The molecule has 7 rings (SSSR count). The number of hydrogen-bond acceptors (Lipinski definition) is 17. The first kappa shape index (κ1) is 45.0. The molecule has 0 amide bonds. The summed E-state index contributed by atoms with van der Waals surface area (Å²) in [7, 11) is -6.84. The van der Waals surface area contributed by atoms with Gasteiger partial charge in [-0.1, -0.05) is 36.4 Å². The number of nitrogens with one attached hydrogen (secondary N) is 2. The third-order valence-corrected chi connectivity index (χ3v) is 11.5. The molecule has 1 saturated heterocycles. The number of hydrogen-bond donors (Lipinski definition) is 4. The molecule has 0 radical (unpaired) electrons. The number of ether oxygens (including phenoxy) is 2. The van der Waals surface area contributed by atoms with Gasteiger partial charge in [-0.2, -0.15) is 16.8 Å². The van der Waals surface area contributed by atoms with E-state index in [1.54, 1.807) is 7.05 Å². The van der Waals surface area contributed by atoms with Gasteiger partial charge in [-0.3, -0.25) is 24.5 Å². The van der Waals surface area contributed by atoms with E-state index in [9.17, 15) is 45.3 Å². The Morgan fingerprint density at radius 2 is 1.23 bits per heavy atom. The SMILES string of the molecule is COc1cc(/C=N/CNC2=NS(=O)(=O)c3cc(B(O)O)ccc32)ccc1F.COc1cc(/C=N/CNC2=NS(=O)(=O)c3cc(B4OC(=O)CN(C)CC(=O)O4)ccc32)ccc1F. The fraction of sp³-hybridized carbons (Fsp3) is 0.189. The lowest BCUT2D eigenvalue weighted by molar-refractivity contribution is -0.145. The van der Waals surface area contributed by atoms with Crippen LogP contribution in [0.15, 0.2) is 101 Å². The molecule has 4 aromatic rings. The molecular weight excluding hydrogens is 858 g/mol. The molecule has 0 spiro atoms. The molecule has 3 aliphatic heterocycles. The minimum Gasteiger partial charge on any atom is -0.494 e. The van der Waals surface area contributed by atoms with E-state index in [0.717, 1.165) is 0 Å². The molecule has 62 heavy (non-hydrogen) atoms. The van der Waals surface area contributed by atoms with Gasteiger partial charge >= 0.3 is 26.2 Å². The van der Waals surface area contributed by atoms with Crippen molar-refractivity contribution in [3.63, 3.8) is 0 Å². The van der Waals surface area contributed by atoms with Crippen LogP contribution in [0.1, 0.15) is 22.3 Å². The van der Waals surface area contributed by atoms with Gasteiger partial charge < -0.3 is 39.5 Å². The minimum atomic E-state index is -4.04. The van der Waals surface area contributed by atoms with E-state index in [1.807, 2.05) is 0 Å². The largest absolute Gasteiger partial charge is 0.636 e. The second-order valence-electron chi connectivity index (χ2n) is 13.3. The molecule has 4 N–H and O–H groups in total. The van der Waals surface area contributed by atoms with Crippen molar-refractivity contribution in [3.8, 4) is 11.5 Å². The Morgan fingerprint density at radius 3 is 1.69 bits per heavy atom. The quantitative estimate of drug-likeness (QED) is 0.114. The number of halogens is 2. The van der Waals surface area contributed by atoms with Crippen molar-refractivity contribution in [1.29, 1.82) is 0 Å². The second kappa shape index (κ2) is 19.0. The van der Waals surface area contributed by atoms with Crippen molar-refractivity contribution < 1.29 is 64.0 Å². The van der Waals surface area contributed by atoms with Gasteiger partial charge in [0, 0.05) is 29.0 Å². The maximum absolute atomic E-state index is 13.5. The molecular formula is C37H35B2F2N7O12S2. The van der Waals surface area contributed by atoms with Crippen LogP contribution in [0.25, 0.3) is 0 Å². The van der Waals surface area contributed by atoms with Crippen LogP contribution >= 0.6 is 0 Å². The predicted octanol–water partition coefficient (Wildman–Crippen LogP) is -0.694. The highest BCUT2D eigenvalue weighted by molar-refractivity contribution is 7.91. The van der Waals surface area contributed by atoms with Gasteiger partial charge in [0.2, 0.25) is 0 Å². The molecule has 1 fully saturated rings. The Labute approximate surface area is 354 Å². The van der Waals surface area contributed by atoms with Crippen LogP contribution in [0.4, 0.5) is 8.78 Å². The lowest BCUT2D eigenvalue weighted by Gasteiger charge is -2.22. The molecule has 0 saturated carbocycles. The zero-order chi connectivity index (χ0) is 44.8. The van der Waals surface area contributed by atoms with Gasteiger partial charge in [0.25, 0.3) is 20.0 Å². The fourth-order valence-electron chi connectivity index (χ4n) is 5.92. The molecule has 0 bridgehead atoms. The molecule has 0 aromatic heterocycles. The number of carbonyl (C=O) groups is 2. The second-order valence-corrected chi connectivity index (χ2v) is 16.4. The summed E-state index contributed by atoms with van der Waals surface area (Å²) < 4.78 is 104. The van der Waals surface area contributed by atoms with Crippen LogP contribution < -0.4 is 31.0 Å². The van der Waals surface area contributed by atoms with Gasteiger partial charge in [-0.05, 0) is 60.0 Å². The number of benzene rings is 4. The summed E-state index contributed by atoms with van der Waals surface area (Å²) in [5.74, 6) is -1.87. The average molecular weight is 893 g/mol. The van der Waals surface area contributed by atoms with Crippen LogP contribution in [0, 0.1) is 11.6 Å². The summed E-state index contributed by atoms with van der Waals surface area (Å²) in [6, 6.07) is 16.7. The van der Waals surface area contributed by atoms with Crippen molar-refractivity contribution >= 4 is 81.2 Å². The zero-order valence-corrected chi connectivity index (χ0v) is 34.5. The van der Waals surface area contributed by atoms with E-state index in [-0.39, 0.29) is 75.9 Å². The minimum absolute atomic E-state index is 0.0133. The third-order valence-electron chi connectivity index (χ3n) is 8.85. The smallest absolute Gasteiger partial charge is 0.494 e. The highest BCUT2D eigenvalue weighted by atomic mass is 32.2. The number of rotatable bonds is 10. The Bertz CT molecular complexity index is 2740. The molecule has 25 heteroatoms. The Morgan fingerprint density at radius 1 is 0.758 bits per heavy atom. The summed E-state index contributed by atoms with van der Waals surface area (Å²) in [6.45, 7) is -0.215. The number of carbonyl (C=O) groups excluding carboxylic acids is 2. The summed E-state index contributed by atoms with van der Waals surface area (Å²) >= 11 is 0. The number of nitrogens with zero attached hydrogens (tertiary/aromatic N) is 5. The molecule has 3 heterocycles. The van der Waals surface area contributed by atoms with Gasteiger partial charge in [-0.15, -0.1) is 8.80 Å². The van der Waals surface area contributed by atoms with Crippen molar-refractivity contribution in [1.82, 2.24) is 15.5 Å². The number of aliphatic imine (C=N–C) groups is 2. The lowest BCUT2D eigenvalue weighted by atomic mass is 9.78. The van der Waals surface area contributed by atoms with Gasteiger partial charge in [-0.25, -0.2) is 8.78 Å². The molecule has 0 aliphatic carbocycles. The Hall–Kier alpha value is -6.53. The number of likely N-dealkylation sites (N-methyl/N-ethyl adjacent to an activating group) is 1. The van der Waals surface area contributed by atoms with E-state index in [4.69, 9.17) is 18.8 Å². The lowest BCUT2D eigenvalue weighted by Crippen LogP contribution is -2.48. The first-order valence-corrected chi connectivity index (χ1v) is 20.9. The van der Waals surface area contributed by atoms with Crippen LogP contribution in [-0.4, -0.2) is 130 Å². The molecule has 322 valence electrons. The number of methoxy groups -OCH3 is 2. The van der Waals surface area contributed by atoms with E-state index >= 15 is 0 Å². The summed E-state index contributed by atoms with van der Waals surface area (Å²) in [5, 5.41) is 24.0. The highest BCUT2D eigenvalue weighted by Crippen LogP contribution is 2.26. The van der Waals surface area contributed by atoms with Gasteiger partial charge in [0.1, 0.15) is 29.9 Å². The molecule has 0 unspecified atom stereocenters. The van der Waals surface area contributed by atoms with Crippen molar-refractivity contribution in [2.45, 2.75) is 9.79 Å². The standard InChI is InChI=1S/C21H20BFN4O7S.C16H15BFN3O5S/c1-27-10-19(28)33-22(34-20(29)11-27)14-4-5-15-18(8-14)35(30,31)26-21(15)25-12-24-9-13-3-6-16(23)17(7-13)32-2;1-26-14-6-10(2-5-13(14)18)8-19-9-20-16-12-4-3-11(17(22)23)7-15(12)27(24,25)21-16/h3-9H,10-12H2,1-2H3,(H,25,26);2-8,22-23H,9H2,1H3,(H,20,21)/b24-9+;19-8+. The van der Waals surface area contributed by atoms with Crippen molar-refractivity contribution in [2.75, 3.05) is 47.7 Å². The predicted molar refractivity (Wildman–Crippen MR) is 222 cm³/mol. The first-order chi connectivity index (χ1) is 29.5. The van der Waals surface area contributed by atoms with Crippen LogP contribution in [0.3, 0.4) is 0 Å². The molecule has 3 aliphatic rings. The monoisotopic (exact) mass is 893 g/mol. The van der Waals surface area contributed by atoms with Gasteiger partial charge in [0.15, 0.2) is 23.1 Å². The molecule has 19 nitrogen and oxygen atoms in total. The number of fused-ring (bicyclic) bond motifs is 2. The Balaban J connectivity index is 0.000000214. The van der Waals surface area contributed by atoms with Crippen molar-refractivity contribution in [3.05, 3.63) is 107 Å². The number of sulfonamides is 2. The van der Waals surface area contributed by atoms with E-state index in [2.05, 4.69) is 29.4 Å². The van der Waals surface area contributed by atoms with E-state index in [1.165, 1.54) is 104 Å². The van der Waals surface area contributed by atoms with E-state index in [0.29, 0.717) is 16.7 Å². The first-order valence-electron chi connectivity index (χ1n) is 18.0. The van der Waals surface area contributed by atoms with Crippen LogP contribution in [0.5, 0.6) is 11.5 Å². The van der Waals surface area contributed by atoms with Gasteiger partial charge in [0.05, 0.1) is 32.2 Å². The normalized spacial score (nSPS) is 16.5. The summed E-state index contributed by atoms with van der Waals surface area (Å²) in [5.41, 5.74) is 2.03. The summed E-state index contributed by atoms with van der Waals surface area (Å²) in [4.78, 5) is 33.5. The molecule has 0 atom stereocenters. The maximum atomic E-state index is 13.5. The van der Waals surface area contributed by atoms with Crippen LogP contribution in [-0.2, 0) is 38.9 Å². The maximum Gasteiger partial charge on any atom is 0.636 e. The van der Waals surface area contributed by atoms with E-state index < -0.39 is 57.9 Å². The zero-order valence-electron chi connectivity index (χ0n) is 32.9. The van der Waals surface area contributed by atoms with Crippen molar-refractivity contribution in [2.24, 2.45) is 18.8 Å². The average Bonchev–Trinajstić information content (AvgIpc) is 3.64.